The van der Waals surface area contributed by atoms with Gasteiger partial charge in [0, 0.05) is 23.5 Å². The van der Waals surface area contributed by atoms with Crippen molar-refractivity contribution in [3.63, 3.8) is 0 Å². The normalized spacial score (nSPS) is 39.9. The highest BCUT2D eigenvalue weighted by Crippen LogP contribution is 2.76. The highest BCUT2D eigenvalue weighted by Gasteiger charge is 2.69. The molecule has 1 amide bonds. The molecule has 5 fully saturated rings. The van der Waals surface area contributed by atoms with Crippen LogP contribution in [0.25, 0.3) is 5.57 Å². The number of fused-ring (bicyclic) bond motifs is 7. The van der Waals surface area contributed by atoms with Crippen molar-refractivity contribution in [3.8, 4) is 0 Å². The van der Waals surface area contributed by atoms with E-state index in [-0.39, 0.29) is 44.6 Å². The lowest BCUT2D eigenvalue weighted by molar-refractivity contribution is -0.217. The minimum atomic E-state index is -3.05. The standard InChI is InChI=1S/C43H58N2O5S2/c1-39(2)30(28-10-12-29(13-11-28)38(47)48)16-19-40(3)34(39)17-20-42(5)35(40)15-14-31-32-8-6-18-43(32,22-21-41(31,42)4)44-37(46)36(33-9-7-25-51-33)45-23-26-52(49,50)27-24-45/h7,9-13,16,25,31-32,34-36H,6,8,14-15,17-24,26-27H2,1-5H3,(H,44,46)(H,47,48)/t31-,32?,34?,35?,36?,40+,41-,42-,43+/m1/s1. The summed E-state index contributed by atoms with van der Waals surface area (Å²) in [6, 6.07) is 11.1. The molecule has 8 rings (SSSR count). The molecule has 9 atom stereocenters. The predicted octanol–water partition coefficient (Wildman–Crippen LogP) is 8.64. The van der Waals surface area contributed by atoms with Crippen LogP contribution in [0.5, 0.6) is 0 Å². The number of sulfone groups is 1. The average Bonchev–Trinajstić information content (AvgIpc) is 3.77. The third kappa shape index (κ3) is 5.44. The number of nitrogens with zero attached hydrogens (tertiary/aromatic N) is 1. The number of hydrogen-bond donors (Lipinski definition) is 2. The van der Waals surface area contributed by atoms with Gasteiger partial charge in [-0.05, 0) is 138 Å². The van der Waals surface area contributed by atoms with Gasteiger partial charge >= 0.3 is 5.97 Å². The van der Waals surface area contributed by atoms with Crippen LogP contribution < -0.4 is 5.32 Å². The summed E-state index contributed by atoms with van der Waals surface area (Å²) in [6.45, 7) is 13.6. The van der Waals surface area contributed by atoms with Crippen LogP contribution in [-0.2, 0) is 14.6 Å². The zero-order chi connectivity index (χ0) is 36.9. The van der Waals surface area contributed by atoms with Crippen molar-refractivity contribution in [2.75, 3.05) is 24.6 Å². The van der Waals surface area contributed by atoms with Crippen LogP contribution in [0.1, 0.15) is 126 Å². The molecule has 4 saturated carbocycles. The Kier molecular flexibility index (Phi) is 8.79. The maximum absolute atomic E-state index is 14.5. The Morgan fingerprint density at radius 1 is 0.865 bits per heavy atom. The smallest absolute Gasteiger partial charge is 0.335 e. The zero-order valence-corrected chi connectivity index (χ0v) is 33.4. The molecule has 2 heterocycles. The summed E-state index contributed by atoms with van der Waals surface area (Å²) in [6.07, 6.45) is 14.0. The number of benzene rings is 1. The molecule has 7 nitrogen and oxygen atoms in total. The molecule has 1 aromatic heterocycles. The fraction of sp³-hybridized carbons (Fsp3) is 0.674. The largest absolute Gasteiger partial charge is 0.478 e. The number of rotatable bonds is 6. The van der Waals surface area contributed by atoms with Crippen molar-refractivity contribution in [2.24, 2.45) is 45.3 Å². The summed E-state index contributed by atoms with van der Waals surface area (Å²) < 4.78 is 24.6. The SMILES string of the molecule is CC1(C)C(c2ccc(C(=O)O)cc2)=CC[C@@]2(C)C1CC[C@]1(C)C2CC[C@@H]2C3CCC[C@]3(NC(=O)C(c3cccs3)N3CCS(=O)(=O)CC3)CC[C@]21C. The van der Waals surface area contributed by atoms with E-state index in [0.717, 1.165) is 42.5 Å². The maximum atomic E-state index is 14.5. The van der Waals surface area contributed by atoms with E-state index in [1.165, 1.54) is 37.7 Å². The van der Waals surface area contributed by atoms with Crippen LogP contribution >= 0.6 is 11.3 Å². The van der Waals surface area contributed by atoms with Crippen LogP contribution in [0.4, 0.5) is 0 Å². The van der Waals surface area contributed by atoms with Gasteiger partial charge in [-0.1, -0.05) is 65.3 Å². The van der Waals surface area contributed by atoms with E-state index in [2.05, 4.69) is 50.9 Å². The van der Waals surface area contributed by atoms with Gasteiger partial charge in [-0.3, -0.25) is 9.69 Å². The first-order chi connectivity index (χ1) is 24.5. The highest BCUT2D eigenvalue weighted by atomic mass is 32.2. The van der Waals surface area contributed by atoms with Gasteiger partial charge in [0.05, 0.1) is 17.1 Å². The lowest BCUT2D eigenvalue weighted by Crippen LogP contribution is -2.68. The number of hydrogen-bond acceptors (Lipinski definition) is 6. The Balaban J connectivity index is 1.05. The Labute approximate surface area is 314 Å². The van der Waals surface area contributed by atoms with Crippen LogP contribution in [0.2, 0.25) is 0 Å². The number of nitrogens with one attached hydrogen (secondary N) is 1. The average molecular weight is 747 g/mol. The van der Waals surface area contributed by atoms with Gasteiger partial charge in [0.25, 0.3) is 0 Å². The van der Waals surface area contributed by atoms with Crippen molar-refractivity contribution in [1.29, 1.82) is 0 Å². The second-order valence-corrected chi connectivity index (χ2v) is 22.1. The van der Waals surface area contributed by atoms with Crippen molar-refractivity contribution in [3.05, 3.63) is 63.9 Å². The summed E-state index contributed by atoms with van der Waals surface area (Å²) >= 11 is 1.60. The molecule has 5 aliphatic carbocycles. The third-order valence-corrected chi connectivity index (χ3v) is 19.1. The van der Waals surface area contributed by atoms with Crippen molar-refractivity contribution in [1.82, 2.24) is 10.2 Å². The molecule has 0 bridgehead atoms. The van der Waals surface area contributed by atoms with E-state index in [0.29, 0.717) is 42.3 Å². The van der Waals surface area contributed by atoms with E-state index in [4.69, 9.17) is 0 Å². The van der Waals surface area contributed by atoms with Crippen molar-refractivity contribution >= 4 is 38.6 Å². The summed E-state index contributed by atoms with van der Waals surface area (Å²) in [5.74, 6) is 1.61. The van der Waals surface area contributed by atoms with Gasteiger partial charge in [-0.15, -0.1) is 11.3 Å². The second kappa shape index (κ2) is 12.5. The number of amides is 1. The van der Waals surface area contributed by atoms with E-state index in [1.54, 1.807) is 23.5 Å². The minimum absolute atomic E-state index is 0.0219. The van der Waals surface area contributed by atoms with E-state index >= 15 is 0 Å². The minimum Gasteiger partial charge on any atom is -0.478 e. The Hall–Kier alpha value is -2.49. The fourth-order valence-electron chi connectivity index (χ4n) is 13.9. The van der Waals surface area contributed by atoms with Crippen LogP contribution in [-0.4, -0.2) is 60.4 Å². The first-order valence-electron chi connectivity index (χ1n) is 19.9. The molecule has 282 valence electrons. The molecule has 6 aliphatic rings. The first-order valence-corrected chi connectivity index (χ1v) is 22.6. The molecular formula is C43H58N2O5S2. The van der Waals surface area contributed by atoms with Crippen LogP contribution in [0.15, 0.2) is 47.9 Å². The summed E-state index contributed by atoms with van der Waals surface area (Å²) in [5, 5.41) is 15.3. The fourth-order valence-corrected chi connectivity index (χ4v) is 16.0. The lowest BCUT2D eigenvalue weighted by Gasteiger charge is -2.72. The van der Waals surface area contributed by atoms with Gasteiger partial charge in [0.15, 0.2) is 9.84 Å². The van der Waals surface area contributed by atoms with Gasteiger partial charge < -0.3 is 10.4 Å². The van der Waals surface area contributed by atoms with Crippen LogP contribution in [0.3, 0.4) is 0 Å². The molecule has 2 N–H and O–H groups in total. The molecule has 1 saturated heterocycles. The third-order valence-electron chi connectivity index (χ3n) is 16.6. The number of carbonyl (C=O) groups excluding carboxylic acids is 1. The molecule has 9 heteroatoms. The van der Waals surface area contributed by atoms with Gasteiger partial charge in [-0.2, -0.15) is 0 Å². The quantitative estimate of drug-likeness (QED) is 0.307. The molecule has 4 unspecified atom stereocenters. The second-order valence-electron chi connectivity index (χ2n) is 18.8. The summed E-state index contributed by atoms with van der Waals surface area (Å²) in [7, 11) is -3.05. The van der Waals surface area contributed by atoms with Crippen molar-refractivity contribution in [2.45, 2.75) is 110 Å². The number of carbonyl (C=O) groups is 2. The number of aromatic carboxylic acids is 1. The maximum Gasteiger partial charge on any atom is 0.335 e. The molecule has 52 heavy (non-hydrogen) atoms. The monoisotopic (exact) mass is 746 g/mol. The number of allylic oxidation sites excluding steroid dienone is 2. The Morgan fingerprint density at radius 3 is 2.27 bits per heavy atom. The lowest BCUT2D eigenvalue weighted by atomic mass is 9.33. The topological polar surface area (TPSA) is 104 Å². The highest BCUT2D eigenvalue weighted by molar-refractivity contribution is 7.91. The van der Waals surface area contributed by atoms with E-state index in [9.17, 15) is 23.1 Å². The predicted molar refractivity (Wildman–Crippen MR) is 208 cm³/mol. The first kappa shape index (κ1) is 36.5. The number of carboxylic acids is 1. The van der Waals surface area contributed by atoms with Gasteiger partial charge in [-0.25, -0.2) is 13.2 Å². The molecule has 0 radical (unpaired) electrons. The van der Waals surface area contributed by atoms with Crippen molar-refractivity contribution < 1.29 is 23.1 Å². The van der Waals surface area contributed by atoms with E-state index in [1.807, 2.05) is 29.6 Å². The summed E-state index contributed by atoms with van der Waals surface area (Å²) in [5.41, 5.74) is 3.23. The molecule has 1 aliphatic heterocycles. The van der Waals surface area contributed by atoms with Gasteiger partial charge in [0.2, 0.25) is 5.91 Å². The van der Waals surface area contributed by atoms with Crippen LogP contribution in [0, 0.1) is 45.3 Å². The Bertz CT molecular complexity index is 1860. The molecule has 2 aromatic rings. The zero-order valence-electron chi connectivity index (χ0n) is 31.7. The number of thiophene rings is 1. The molecular weight excluding hydrogens is 689 g/mol. The summed E-state index contributed by atoms with van der Waals surface area (Å²) in [4.78, 5) is 29.2. The Morgan fingerprint density at radius 2 is 1.60 bits per heavy atom. The van der Waals surface area contributed by atoms with Gasteiger partial charge in [0.1, 0.15) is 6.04 Å². The molecule has 0 spiro atoms. The van der Waals surface area contributed by atoms with E-state index < -0.39 is 21.8 Å². The number of carboxylic acid groups (broad SMARTS) is 1. The molecule has 1 aromatic carbocycles.